The van der Waals surface area contributed by atoms with E-state index in [4.69, 9.17) is 15.3 Å². The van der Waals surface area contributed by atoms with Gasteiger partial charge in [0.15, 0.2) is 22.5 Å². The van der Waals surface area contributed by atoms with E-state index in [0.717, 1.165) is 31.4 Å². The first-order chi connectivity index (χ1) is 18.0. The fraction of sp³-hybridized carbons (Fsp3) is 0.250. The summed E-state index contributed by atoms with van der Waals surface area (Å²) in [6, 6.07) is 5.29. The number of nitrogens with zero attached hydrogens (tertiary/aromatic N) is 5. The summed E-state index contributed by atoms with van der Waals surface area (Å²) in [7, 11) is 0. The van der Waals surface area contributed by atoms with Crippen molar-refractivity contribution in [3.8, 4) is 11.4 Å². The lowest BCUT2D eigenvalue weighted by Crippen LogP contribution is -2.20. The molecule has 1 atom stereocenters. The van der Waals surface area contributed by atoms with Crippen LogP contribution in [0, 0.1) is 17.0 Å². The molecule has 0 radical (unpaired) electrons. The van der Waals surface area contributed by atoms with Crippen molar-refractivity contribution < 1.29 is 23.4 Å². The summed E-state index contributed by atoms with van der Waals surface area (Å²) in [5.74, 6) is -2.98. The molecule has 0 amide bonds. The molecule has 37 heavy (non-hydrogen) atoms. The molecule has 0 fully saturated rings. The second-order valence-corrected chi connectivity index (χ2v) is 9.09. The number of pyridine rings is 1. The highest BCUT2D eigenvalue weighted by molar-refractivity contribution is 7.99. The molecule has 13 heteroatoms. The SMILES string of the molecule is N=C/C(=N\NCC(=O)O)c1cc(F)c(OCc2nnc(SC3C=CCCC3)n2-c2cccnc2)cc1F. The van der Waals surface area contributed by atoms with Crippen LogP contribution in [-0.2, 0) is 11.4 Å². The van der Waals surface area contributed by atoms with E-state index in [1.54, 1.807) is 34.8 Å². The molecule has 4 rings (SSSR count). The fourth-order valence-electron chi connectivity index (χ4n) is 3.57. The van der Waals surface area contributed by atoms with Gasteiger partial charge >= 0.3 is 5.97 Å². The van der Waals surface area contributed by atoms with Crippen LogP contribution in [0.2, 0.25) is 0 Å². The number of carboxylic acids is 1. The third-order valence-corrected chi connectivity index (χ3v) is 6.46. The Balaban J connectivity index is 1.56. The number of carboxylic acid groups (broad SMARTS) is 1. The number of thioether (sulfide) groups is 1. The van der Waals surface area contributed by atoms with Crippen molar-refractivity contribution >= 4 is 29.7 Å². The van der Waals surface area contributed by atoms with Gasteiger partial charge in [0.25, 0.3) is 0 Å². The van der Waals surface area contributed by atoms with Crippen LogP contribution in [0.4, 0.5) is 8.78 Å². The number of aliphatic carboxylic acids is 1. The minimum absolute atomic E-state index is 0.204. The van der Waals surface area contributed by atoms with Crippen molar-refractivity contribution in [2.75, 3.05) is 6.54 Å². The molecule has 0 aliphatic heterocycles. The topological polar surface area (TPSA) is 138 Å². The van der Waals surface area contributed by atoms with Crippen LogP contribution in [0.25, 0.3) is 5.69 Å². The predicted octanol–water partition coefficient (Wildman–Crippen LogP) is 3.75. The van der Waals surface area contributed by atoms with Crippen LogP contribution in [0.1, 0.15) is 30.7 Å². The van der Waals surface area contributed by atoms with Crippen LogP contribution in [0.5, 0.6) is 5.75 Å². The Labute approximate surface area is 215 Å². The number of allylic oxidation sites excluding steroid dienone is 1. The minimum atomic E-state index is -1.20. The summed E-state index contributed by atoms with van der Waals surface area (Å²) in [6.07, 6.45) is 11.4. The Morgan fingerprint density at radius 3 is 2.92 bits per heavy atom. The van der Waals surface area contributed by atoms with Gasteiger partial charge in [-0.15, -0.1) is 10.2 Å². The van der Waals surface area contributed by atoms with Gasteiger partial charge in [0.2, 0.25) is 0 Å². The van der Waals surface area contributed by atoms with Crippen molar-refractivity contribution in [3.63, 3.8) is 0 Å². The molecule has 0 spiro atoms. The van der Waals surface area contributed by atoms with Crippen molar-refractivity contribution in [2.24, 2.45) is 5.10 Å². The highest BCUT2D eigenvalue weighted by Crippen LogP contribution is 2.31. The lowest BCUT2D eigenvalue weighted by molar-refractivity contribution is -0.135. The maximum absolute atomic E-state index is 14.8. The summed E-state index contributed by atoms with van der Waals surface area (Å²) in [5, 5.41) is 29.1. The normalized spacial score (nSPS) is 15.4. The molecule has 3 aromatic rings. The summed E-state index contributed by atoms with van der Waals surface area (Å²) in [5.41, 5.74) is 2.29. The highest BCUT2D eigenvalue weighted by Gasteiger charge is 2.21. The number of rotatable bonds is 11. The van der Waals surface area contributed by atoms with Gasteiger partial charge in [-0.1, -0.05) is 23.9 Å². The molecule has 10 nitrogen and oxygen atoms in total. The Morgan fingerprint density at radius 2 is 2.22 bits per heavy atom. The van der Waals surface area contributed by atoms with Gasteiger partial charge in [-0.3, -0.25) is 19.8 Å². The summed E-state index contributed by atoms with van der Waals surface area (Å²) >= 11 is 1.56. The molecule has 1 aliphatic rings. The zero-order valence-electron chi connectivity index (χ0n) is 19.5. The van der Waals surface area contributed by atoms with Crippen LogP contribution in [0.15, 0.2) is 59.1 Å². The van der Waals surface area contributed by atoms with Crippen LogP contribution < -0.4 is 10.2 Å². The first-order valence-electron chi connectivity index (χ1n) is 11.3. The molecule has 0 saturated carbocycles. The molecule has 3 N–H and O–H groups in total. The second kappa shape index (κ2) is 12.2. The second-order valence-electron chi connectivity index (χ2n) is 7.88. The molecular weight excluding hydrogens is 504 g/mol. The average Bonchev–Trinajstić information content (AvgIpc) is 3.30. The van der Waals surface area contributed by atoms with Gasteiger partial charge < -0.3 is 15.3 Å². The lowest BCUT2D eigenvalue weighted by Gasteiger charge is -2.16. The largest absolute Gasteiger partial charge is 0.482 e. The average molecular weight is 528 g/mol. The molecule has 1 unspecified atom stereocenters. The van der Waals surface area contributed by atoms with Crippen molar-refractivity contribution in [1.82, 2.24) is 25.2 Å². The molecule has 1 aromatic carbocycles. The number of nitrogens with one attached hydrogen (secondary N) is 2. The standard InChI is InChI=1S/C24H23F2N7O3S/c25-18-10-21(19(26)9-17(18)20(11-27)30-29-13-23(34)35)36-14-22-31-32-24(37-16-6-2-1-3-7-16)33(22)15-5-4-8-28-12-15/h2,4-6,8-12,16,27,29H,1,3,7,13-14H2,(H,34,35)/b27-11?,30-20+. The number of ether oxygens (including phenoxy) is 1. The lowest BCUT2D eigenvalue weighted by atomic mass is 10.1. The zero-order chi connectivity index (χ0) is 26.2. The maximum Gasteiger partial charge on any atom is 0.324 e. The smallest absolute Gasteiger partial charge is 0.324 e. The Morgan fingerprint density at radius 1 is 1.35 bits per heavy atom. The van der Waals surface area contributed by atoms with E-state index >= 15 is 0 Å². The van der Waals surface area contributed by atoms with Gasteiger partial charge in [0.1, 0.15) is 24.7 Å². The summed E-state index contributed by atoms with van der Waals surface area (Å²) in [6.45, 7) is -0.748. The number of carbonyl (C=O) groups is 1. The maximum atomic E-state index is 14.8. The van der Waals surface area contributed by atoms with Crippen molar-refractivity contribution in [2.45, 2.75) is 36.3 Å². The Bertz CT molecular complexity index is 1330. The zero-order valence-corrected chi connectivity index (χ0v) is 20.3. The van der Waals surface area contributed by atoms with E-state index in [1.165, 1.54) is 0 Å². The first-order valence-corrected chi connectivity index (χ1v) is 12.2. The summed E-state index contributed by atoms with van der Waals surface area (Å²) in [4.78, 5) is 14.8. The van der Waals surface area contributed by atoms with Gasteiger partial charge in [-0.2, -0.15) is 5.10 Å². The minimum Gasteiger partial charge on any atom is -0.482 e. The van der Waals surface area contributed by atoms with Crippen LogP contribution in [-0.4, -0.2) is 54.5 Å². The molecule has 2 aromatic heterocycles. The molecule has 0 saturated heterocycles. The van der Waals surface area contributed by atoms with Gasteiger partial charge in [0.05, 0.1) is 11.9 Å². The van der Waals surface area contributed by atoms with E-state index in [9.17, 15) is 13.6 Å². The first kappa shape index (κ1) is 25.9. The van der Waals surface area contributed by atoms with Gasteiger partial charge in [0, 0.05) is 29.3 Å². The Kier molecular flexibility index (Phi) is 8.56. The molecule has 1 aliphatic carbocycles. The predicted molar refractivity (Wildman–Crippen MR) is 133 cm³/mol. The monoisotopic (exact) mass is 527 g/mol. The number of halogens is 2. The molecular formula is C24H23F2N7O3S. The van der Waals surface area contributed by atoms with E-state index < -0.39 is 24.1 Å². The van der Waals surface area contributed by atoms with Gasteiger partial charge in [-0.05, 0) is 37.5 Å². The molecule has 2 heterocycles. The highest BCUT2D eigenvalue weighted by atomic mass is 32.2. The van der Waals surface area contributed by atoms with E-state index in [0.29, 0.717) is 22.9 Å². The van der Waals surface area contributed by atoms with Crippen LogP contribution >= 0.6 is 11.8 Å². The number of aromatic nitrogens is 4. The van der Waals surface area contributed by atoms with Crippen LogP contribution in [0.3, 0.4) is 0 Å². The van der Waals surface area contributed by atoms with Gasteiger partial charge in [-0.25, -0.2) is 8.78 Å². The third kappa shape index (κ3) is 6.55. The fourth-order valence-corrected chi connectivity index (χ4v) is 4.72. The quantitative estimate of drug-likeness (QED) is 0.195. The number of hydrogen-bond donors (Lipinski definition) is 3. The van der Waals surface area contributed by atoms with E-state index in [1.807, 2.05) is 6.07 Å². The number of hydrogen-bond acceptors (Lipinski definition) is 9. The number of hydrazone groups is 1. The summed E-state index contributed by atoms with van der Waals surface area (Å²) < 4.78 is 36.9. The van der Waals surface area contributed by atoms with E-state index in [2.05, 4.69) is 37.9 Å². The van der Waals surface area contributed by atoms with Crippen molar-refractivity contribution in [3.05, 3.63) is 71.8 Å². The molecule has 192 valence electrons. The van der Waals surface area contributed by atoms with Crippen molar-refractivity contribution in [1.29, 1.82) is 5.41 Å². The van der Waals surface area contributed by atoms with E-state index in [-0.39, 0.29) is 28.9 Å². The Hall–Kier alpha value is -4.13. The molecule has 0 bridgehead atoms. The third-order valence-electron chi connectivity index (χ3n) is 5.29. The number of benzene rings is 1.